The van der Waals surface area contributed by atoms with Crippen LogP contribution >= 0.6 is 0 Å². The summed E-state index contributed by atoms with van der Waals surface area (Å²) in [6.45, 7) is 9.22. The number of hydrogen-bond donors (Lipinski definition) is 5. The SMILES string of the molecule is CC(=O)c1cc(C(C)=O)c2c(c1O)C(=O)[C@@H]1C(O)[C@@]3(O)C(=O)[C@H](C(N)=O)C(O)[C@H](C(C)C)[C@@]3(C)C[C@@]1(C)C2. The van der Waals surface area contributed by atoms with Crippen molar-refractivity contribution in [2.75, 3.05) is 0 Å². The second kappa shape index (κ2) is 8.53. The maximum absolute atomic E-state index is 14.1. The molecular weight excluding hydrogens is 494 g/mol. The van der Waals surface area contributed by atoms with Crippen molar-refractivity contribution in [3.05, 3.63) is 28.3 Å². The molecule has 3 aliphatic carbocycles. The molecule has 6 N–H and O–H groups in total. The van der Waals surface area contributed by atoms with Gasteiger partial charge >= 0.3 is 0 Å². The number of aliphatic hydroxyl groups excluding tert-OH is 2. The molecular formula is C28H35NO9. The van der Waals surface area contributed by atoms with Crippen LogP contribution in [0.5, 0.6) is 5.75 Å². The number of rotatable bonds is 4. The summed E-state index contributed by atoms with van der Waals surface area (Å²) < 4.78 is 0. The molecule has 0 bridgehead atoms. The Hall–Kier alpha value is -2.95. The highest BCUT2D eigenvalue weighted by atomic mass is 16.4. The standard InChI is InChI=1S/C28H35NO9/c1-10(2)18-22(34)17(25(29)37)23(35)28(38)24(36)19-21(33)16-15(8-26(19,5)9-27(18,28)6)13(11(3)30)7-14(12(4)31)20(16)32/h7,10,17-19,22,24,32,34,36,38H,8-9H2,1-6H3,(H2,29,37)/t17-,18+,19-,22?,24?,26-,27-,28+/m1/s1. The summed E-state index contributed by atoms with van der Waals surface area (Å²) in [5.41, 5.74) is -0.0141. The van der Waals surface area contributed by atoms with Crippen molar-refractivity contribution >= 4 is 29.0 Å². The molecule has 10 heteroatoms. The van der Waals surface area contributed by atoms with Crippen LogP contribution in [0.2, 0.25) is 0 Å². The van der Waals surface area contributed by atoms with E-state index in [4.69, 9.17) is 5.73 Å². The van der Waals surface area contributed by atoms with Gasteiger partial charge in [0.1, 0.15) is 17.8 Å². The van der Waals surface area contributed by atoms with Gasteiger partial charge in [0.2, 0.25) is 5.91 Å². The van der Waals surface area contributed by atoms with E-state index in [9.17, 15) is 44.4 Å². The lowest BCUT2D eigenvalue weighted by Gasteiger charge is -2.66. The topological polar surface area (TPSA) is 192 Å². The van der Waals surface area contributed by atoms with Gasteiger partial charge in [0.15, 0.2) is 28.7 Å². The summed E-state index contributed by atoms with van der Waals surface area (Å²) in [7, 11) is 0. The summed E-state index contributed by atoms with van der Waals surface area (Å²) >= 11 is 0. The van der Waals surface area contributed by atoms with Crippen LogP contribution in [-0.2, 0) is 16.0 Å². The lowest BCUT2D eigenvalue weighted by Crippen LogP contribution is -2.79. The fourth-order valence-corrected chi connectivity index (χ4v) is 8.18. The van der Waals surface area contributed by atoms with E-state index >= 15 is 0 Å². The number of phenolic OH excluding ortho intramolecular Hbond substituents is 1. The van der Waals surface area contributed by atoms with Crippen molar-refractivity contribution < 1.29 is 44.4 Å². The van der Waals surface area contributed by atoms with Crippen LogP contribution in [-0.4, -0.2) is 67.3 Å². The number of fused-ring (bicyclic) bond motifs is 3. The monoisotopic (exact) mass is 529 g/mol. The molecule has 206 valence electrons. The molecule has 0 radical (unpaired) electrons. The van der Waals surface area contributed by atoms with Gasteiger partial charge in [0.25, 0.3) is 0 Å². The fraction of sp³-hybridized carbons (Fsp3) is 0.607. The average Bonchev–Trinajstić information content (AvgIpc) is 2.75. The van der Waals surface area contributed by atoms with Crippen molar-refractivity contribution in [1.82, 2.24) is 0 Å². The van der Waals surface area contributed by atoms with E-state index < -0.39 is 81.2 Å². The van der Waals surface area contributed by atoms with Gasteiger partial charge in [0.05, 0.1) is 23.1 Å². The number of amides is 1. The van der Waals surface area contributed by atoms with E-state index in [0.29, 0.717) is 0 Å². The minimum atomic E-state index is -2.63. The van der Waals surface area contributed by atoms with E-state index in [1.54, 1.807) is 27.7 Å². The molecule has 2 saturated carbocycles. The third kappa shape index (κ3) is 3.32. The zero-order valence-electron chi connectivity index (χ0n) is 22.4. The number of primary amides is 1. The molecule has 8 atom stereocenters. The molecule has 2 unspecified atom stereocenters. The predicted molar refractivity (Wildman–Crippen MR) is 133 cm³/mol. The minimum absolute atomic E-state index is 0.0104. The zero-order valence-corrected chi connectivity index (χ0v) is 22.4. The number of carbonyl (C=O) groups excluding carboxylic acids is 5. The second-order valence-corrected chi connectivity index (χ2v) is 12.3. The number of carbonyl (C=O) groups is 5. The van der Waals surface area contributed by atoms with Gasteiger partial charge in [-0.3, -0.25) is 24.0 Å². The van der Waals surface area contributed by atoms with E-state index in [1.165, 1.54) is 19.9 Å². The molecule has 1 aromatic carbocycles. The third-order valence-electron chi connectivity index (χ3n) is 9.54. The van der Waals surface area contributed by atoms with Gasteiger partial charge in [0, 0.05) is 11.0 Å². The van der Waals surface area contributed by atoms with Gasteiger partial charge in [-0.15, -0.1) is 0 Å². The highest BCUT2D eigenvalue weighted by Gasteiger charge is 2.76. The van der Waals surface area contributed by atoms with Gasteiger partial charge in [-0.2, -0.15) is 0 Å². The van der Waals surface area contributed by atoms with Gasteiger partial charge < -0.3 is 26.2 Å². The fourth-order valence-electron chi connectivity index (χ4n) is 8.18. The highest BCUT2D eigenvalue weighted by molar-refractivity contribution is 6.13. The Labute approximate surface area is 220 Å². The molecule has 0 saturated heterocycles. The zero-order chi connectivity index (χ0) is 28.9. The van der Waals surface area contributed by atoms with Crippen LogP contribution < -0.4 is 5.73 Å². The largest absolute Gasteiger partial charge is 0.506 e. The molecule has 38 heavy (non-hydrogen) atoms. The second-order valence-electron chi connectivity index (χ2n) is 12.3. The maximum atomic E-state index is 14.1. The Bertz CT molecular complexity index is 1300. The summed E-state index contributed by atoms with van der Waals surface area (Å²) in [6.07, 6.45) is -3.58. The summed E-state index contributed by atoms with van der Waals surface area (Å²) in [4.78, 5) is 64.8. The quantitative estimate of drug-likeness (QED) is 0.279. The Morgan fingerprint density at radius 2 is 1.61 bits per heavy atom. The average molecular weight is 530 g/mol. The van der Waals surface area contributed by atoms with E-state index in [-0.39, 0.29) is 41.0 Å². The molecule has 2 fully saturated rings. The Morgan fingerprint density at radius 3 is 2.08 bits per heavy atom. The molecule has 3 aliphatic rings. The van der Waals surface area contributed by atoms with E-state index in [1.807, 2.05) is 0 Å². The highest BCUT2D eigenvalue weighted by Crippen LogP contribution is 2.65. The molecule has 0 heterocycles. The molecule has 4 rings (SSSR count). The first-order chi connectivity index (χ1) is 17.4. The van der Waals surface area contributed by atoms with Crippen LogP contribution in [0.1, 0.15) is 84.6 Å². The first-order valence-corrected chi connectivity index (χ1v) is 12.7. The van der Waals surface area contributed by atoms with Crippen LogP contribution in [0.25, 0.3) is 0 Å². The lowest BCUT2D eigenvalue weighted by atomic mass is 9.39. The lowest BCUT2D eigenvalue weighted by molar-refractivity contribution is -0.265. The van der Waals surface area contributed by atoms with E-state index in [0.717, 1.165) is 0 Å². The van der Waals surface area contributed by atoms with Crippen molar-refractivity contribution in [2.45, 2.75) is 72.2 Å². The van der Waals surface area contributed by atoms with Crippen molar-refractivity contribution in [2.24, 2.45) is 40.2 Å². The van der Waals surface area contributed by atoms with Gasteiger partial charge in [-0.25, -0.2) is 0 Å². The van der Waals surface area contributed by atoms with Crippen LogP contribution in [0.15, 0.2) is 6.07 Å². The van der Waals surface area contributed by atoms with Gasteiger partial charge in [-0.1, -0.05) is 27.7 Å². The van der Waals surface area contributed by atoms with Crippen LogP contribution in [0, 0.1) is 34.5 Å². The van der Waals surface area contributed by atoms with E-state index in [2.05, 4.69) is 0 Å². The number of ketones is 4. The molecule has 1 amide bonds. The summed E-state index contributed by atoms with van der Waals surface area (Å²) in [5.74, 6) is -9.23. The van der Waals surface area contributed by atoms with Crippen molar-refractivity contribution in [1.29, 1.82) is 0 Å². The number of nitrogens with two attached hydrogens (primary N) is 1. The molecule has 0 spiro atoms. The molecule has 0 aromatic heterocycles. The molecule has 0 aliphatic heterocycles. The van der Waals surface area contributed by atoms with Crippen LogP contribution in [0.4, 0.5) is 0 Å². The van der Waals surface area contributed by atoms with Gasteiger partial charge in [-0.05, 0) is 55.6 Å². The Balaban J connectivity index is 2.02. The maximum Gasteiger partial charge on any atom is 0.230 e. The minimum Gasteiger partial charge on any atom is -0.506 e. The molecule has 10 nitrogen and oxygen atoms in total. The Kier molecular flexibility index (Phi) is 6.30. The first-order valence-electron chi connectivity index (χ1n) is 12.7. The number of benzene rings is 1. The van der Waals surface area contributed by atoms with Crippen LogP contribution in [0.3, 0.4) is 0 Å². The van der Waals surface area contributed by atoms with Crippen molar-refractivity contribution in [3.63, 3.8) is 0 Å². The Morgan fingerprint density at radius 1 is 1.05 bits per heavy atom. The smallest absolute Gasteiger partial charge is 0.230 e. The number of aromatic hydroxyl groups is 1. The normalized spacial score (nSPS) is 38.3. The third-order valence-corrected chi connectivity index (χ3v) is 9.54. The first kappa shape index (κ1) is 28.1. The number of hydrogen-bond acceptors (Lipinski definition) is 9. The predicted octanol–water partition coefficient (Wildman–Crippen LogP) is 0.978. The number of Topliss-reactive ketones (excluding diaryl/α,β-unsaturated/α-hetero) is 4. The molecule has 1 aromatic rings. The summed E-state index contributed by atoms with van der Waals surface area (Å²) in [5, 5.41) is 46.0. The van der Waals surface area contributed by atoms with Crippen molar-refractivity contribution in [3.8, 4) is 5.75 Å². The summed E-state index contributed by atoms with van der Waals surface area (Å²) in [6, 6.07) is 1.26. The number of aliphatic hydroxyl groups is 3. The number of phenols is 1.